The lowest BCUT2D eigenvalue weighted by Crippen LogP contribution is -2.43. The zero-order valence-corrected chi connectivity index (χ0v) is 17.1. The SMILES string of the molecule is CN=C(NCCc1nc(C)no1)NCC(C)(C)c1cccs1.I. The van der Waals surface area contributed by atoms with Gasteiger partial charge in [-0.1, -0.05) is 25.1 Å². The summed E-state index contributed by atoms with van der Waals surface area (Å²) in [7, 11) is 1.77. The van der Waals surface area contributed by atoms with Crippen LogP contribution in [0.15, 0.2) is 27.0 Å². The van der Waals surface area contributed by atoms with Crippen molar-refractivity contribution in [3.05, 3.63) is 34.1 Å². The maximum atomic E-state index is 5.08. The number of halogens is 1. The van der Waals surface area contributed by atoms with Gasteiger partial charge >= 0.3 is 0 Å². The third-order valence-electron chi connectivity index (χ3n) is 3.31. The summed E-state index contributed by atoms with van der Waals surface area (Å²) in [5.74, 6) is 2.08. The highest BCUT2D eigenvalue weighted by atomic mass is 127. The van der Waals surface area contributed by atoms with Crippen molar-refractivity contribution in [1.29, 1.82) is 0 Å². The molecule has 2 N–H and O–H groups in total. The molecule has 0 aliphatic heterocycles. The van der Waals surface area contributed by atoms with Crippen LogP contribution < -0.4 is 10.6 Å². The molecule has 0 saturated heterocycles. The zero-order valence-electron chi connectivity index (χ0n) is 13.9. The summed E-state index contributed by atoms with van der Waals surface area (Å²) in [6.07, 6.45) is 0.676. The maximum absolute atomic E-state index is 5.08. The molecule has 2 aromatic heterocycles. The van der Waals surface area contributed by atoms with Crippen molar-refractivity contribution in [3.63, 3.8) is 0 Å². The van der Waals surface area contributed by atoms with Crippen LogP contribution in [0.3, 0.4) is 0 Å². The smallest absolute Gasteiger partial charge is 0.228 e. The Balaban J connectivity index is 0.00000264. The van der Waals surface area contributed by atoms with Gasteiger partial charge in [-0.05, 0) is 18.4 Å². The Labute approximate surface area is 158 Å². The van der Waals surface area contributed by atoms with Gasteiger partial charge in [-0.15, -0.1) is 35.3 Å². The number of aliphatic imine (C=N–C) groups is 1. The number of nitrogens with one attached hydrogen (secondary N) is 2. The van der Waals surface area contributed by atoms with E-state index < -0.39 is 0 Å². The second-order valence-electron chi connectivity index (χ2n) is 5.70. The third kappa shape index (κ3) is 6.09. The van der Waals surface area contributed by atoms with Gasteiger partial charge in [0, 0.05) is 36.9 Å². The Bertz CT molecular complexity index is 609. The molecule has 0 bridgehead atoms. The molecular weight excluding hydrogens is 425 g/mol. The van der Waals surface area contributed by atoms with Gasteiger partial charge in [-0.25, -0.2) is 0 Å². The molecule has 2 rings (SSSR count). The fraction of sp³-hybridized carbons (Fsp3) is 0.533. The van der Waals surface area contributed by atoms with Gasteiger partial charge in [0.05, 0.1) is 0 Å². The van der Waals surface area contributed by atoms with Gasteiger partial charge in [-0.2, -0.15) is 4.98 Å². The van der Waals surface area contributed by atoms with Crippen LogP contribution in [-0.2, 0) is 11.8 Å². The summed E-state index contributed by atoms with van der Waals surface area (Å²) in [6.45, 7) is 7.77. The van der Waals surface area contributed by atoms with Crippen LogP contribution in [0.5, 0.6) is 0 Å². The topological polar surface area (TPSA) is 75.3 Å². The van der Waals surface area contributed by atoms with Crippen LogP contribution in [0, 0.1) is 6.92 Å². The van der Waals surface area contributed by atoms with Crippen molar-refractivity contribution in [2.45, 2.75) is 32.6 Å². The predicted octanol–water partition coefficient (Wildman–Crippen LogP) is 2.74. The highest BCUT2D eigenvalue weighted by molar-refractivity contribution is 14.0. The van der Waals surface area contributed by atoms with Crippen molar-refractivity contribution in [1.82, 2.24) is 20.8 Å². The summed E-state index contributed by atoms with van der Waals surface area (Å²) >= 11 is 1.78. The molecule has 0 aliphatic carbocycles. The number of aryl methyl sites for hydroxylation is 1. The minimum atomic E-state index is 0. The molecule has 0 saturated carbocycles. The molecule has 0 aliphatic rings. The second-order valence-corrected chi connectivity index (χ2v) is 6.65. The lowest BCUT2D eigenvalue weighted by molar-refractivity contribution is 0.374. The first-order chi connectivity index (χ1) is 10.5. The minimum Gasteiger partial charge on any atom is -0.356 e. The lowest BCUT2D eigenvalue weighted by atomic mass is 9.91. The van der Waals surface area contributed by atoms with Gasteiger partial charge < -0.3 is 15.2 Å². The molecule has 2 aromatic rings. The molecule has 6 nitrogen and oxygen atoms in total. The predicted molar refractivity (Wildman–Crippen MR) is 105 cm³/mol. The highest BCUT2D eigenvalue weighted by Crippen LogP contribution is 2.26. The van der Waals surface area contributed by atoms with Gasteiger partial charge in [0.1, 0.15) is 0 Å². The molecule has 0 spiro atoms. The van der Waals surface area contributed by atoms with Crippen molar-refractivity contribution in [3.8, 4) is 0 Å². The third-order valence-corrected chi connectivity index (χ3v) is 4.55. The minimum absolute atomic E-state index is 0. The first-order valence-electron chi connectivity index (χ1n) is 7.29. The summed E-state index contributed by atoms with van der Waals surface area (Å²) < 4.78 is 5.08. The summed E-state index contributed by atoms with van der Waals surface area (Å²) in [6, 6.07) is 4.25. The average molecular weight is 449 g/mol. The fourth-order valence-corrected chi connectivity index (χ4v) is 2.86. The van der Waals surface area contributed by atoms with Crippen LogP contribution in [0.4, 0.5) is 0 Å². The van der Waals surface area contributed by atoms with Crippen LogP contribution in [0.2, 0.25) is 0 Å². The monoisotopic (exact) mass is 449 g/mol. The molecule has 0 amide bonds. The maximum Gasteiger partial charge on any atom is 0.228 e. The van der Waals surface area contributed by atoms with Gasteiger partial charge in [0.25, 0.3) is 0 Å². The number of aromatic nitrogens is 2. The largest absolute Gasteiger partial charge is 0.356 e. The molecule has 0 radical (unpaired) electrons. The summed E-state index contributed by atoms with van der Waals surface area (Å²) in [5, 5.41) is 12.5. The van der Waals surface area contributed by atoms with Crippen molar-refractivity contribution in [2.24, 2.45) is 4.99 Å². The van der Waals surface area contributed by atoms with Crippen molar-refractivity contribution < 1.29 is 4.52 Å². The van der Waals surface area contributed by atoms with E-state index in [2.05, 4.69) is 57.1 Å². The number of hydrogen-bond acceptors (Lipinski definition) is 5. The highest BCUT2D eigenvalue weighted by Gasteiger charge is 2.21. The fourth-order valence-electron chi connectivity index (χ4n) is 2.01. The Morgan fingerprint density at radius 1 is 1.39 bits per heavy atom. The van der Waals surface area contributed by atoms with Gasteiger partial charge in [0.15, 0.2) is 11.8 Å². The number of rotatable bonds is 6. The molecular formula is C15H24IN5OS. The van der Waals surface area contributed by atoms with E-state index in [-0.39, 0.29) is 29.4 Å². The quantitative estimate of drug-likeness (QED) is 0.403. The van der Waals surface area contributed by atoms with E-state index in [1.807, 2.05) is 6.92 Å². The van der Waals surface area contributed by atoms with E-state index in [4.69, 9.17) is 4.52 Å². The van der Waals surface area contributed by atoms with Crippen LogP contribution in [0.1, 0.15) is 30.4 Å². The standard InChI is InChI=1S/C15H23N5OS.HI/c1-11-19-13(21-20-11)7-8-17-14(16-4)18-10-15(2,3)12-6-5-9-22-12;/h5-6,9H,7-8,10H2,1-4H3,(H2,16,17,18);1H. The van der Waals surface area contributed by atoms with Gasteiger partial charge in [-0.3, -0.25) is 4.99 Å². The van der Waals surface area contributed by atoms with Gasteiger partial charge in [0.2, 0.25) is 5.89 Å². The first-order valence-corrected chi connectivity index (χ1v) is 8.17. The first kappa shape index (κ1) is 19.9. The summed E-state index contributed by atoms with van der Waals surface area (Å²) in [4.78, 5) is 9.77. The normalized spacial score (nSPS) is 11.9. The molecule has 2 heterocycles. The van der Waals surface area contributed by atoms with Crippen LogP contribution in [0.25, 0.3) is 0 Å². The average Bonchev–Trinajstić information content (AvgIpc) is 3.14. The Hall–Kier alpha value is -1.16. The van der Waals surface area contributed by atoms with E-state index in [0.717, 1.165) is 12.5 Å². The van der Waals surface area contributed by atoms with Crippen LogP contribution in [-0.4, -0.2) is 36.2 Å². The molecule has 23 heavy (non-hydrogen) atoms. The molecule has 0 aromatic carbocycles. The van der Waals surface area contributed by atoms with E-state index in [1.54, 1.807) is 18.4 Å². The van der Waals surface area contributed by atoms with Crippen molar-refractivity contribution >= 4 is 41.3 Å². The van der Waals surface area contributed by atoms with E-state index in [1.165, 1.54) is 4.88 Å². The number of thiophene rings is 1. The number of nitrogens with zero attached hydrogens (tertiary/aromatic N) is 3. The number of guanidine groups is 1. The van der Waals surface area contributed by atoms with E-state index in [0.29, 0.717) is 24.7 Å². The molecule has 0 atom stereocenters. The Kier molecular flexibility index (Phi) is 7.97. The molecule has 0 fully saturated rings. The summed E-state index contributed by atoms with van der Waals surface area (Å²) in [5.41, 5.74) is 0.0649. The molecule has 0 unspecified atom stereocenters. The Morgan fingerprint density at radius 2 is 2.17 bits per heavy atom. The van der Waals surface area contributed by atoms with E-state index >= 15 is 0 Å². The zero-order chi connectivity index (χ0) is 16.0. The lowest BCUT2D eigenvalue weighted by Gasteiger charge is -2.25. The number of hydrogen-bond donors (Lipinski definition) is 2. The molecule has 128 valence electrons. The molecule has 8 heteroatoms. The van der Waals surface area contributed by atoms with Crippen LogP contribution >= 0.6 is 35.3 Å². The Morgan fingerprint density at radius 3 is 2.74 bits per heavy atom. The van der Waals surface area contributed by atoms with Crippen molar-refractivity contribution in [2.75, 3.05) is 20.1 Å². The second kappa shape index (κ2) is 9.21. The van der Waals surface area contributed by atoms with E-state index in [9.17, 15) is 0 Å².